The van der Waals surface area contributed by atoms with Gasteiger partial charge in [0.15, 0.2) is 5.52 Å². The van der Waals surface area contributed by atoms with Gasteiger partial charge in [-0.2, -0.15) is 4.98 Å². The second-order valence-electron chi connectivity index (χ2n) is 7.43. The molecule has 1 N–H and O–H groups in total. The molecule has 2 fully saturated rings. The average Bonchev–Trinajstić information content (AvgIpc) is 3.42. The van der Waals surface area contributed by atoms with Crippen molar-refractivity contribution in [2.45, 2.75) is 32.6 Å². The van der Waals surface area contributed by atoms with Crippen molar-refractivity contribution in [3.05, 3.63) is 39.2 Å². The standard InChI is InChI=1S/C19H22N6O2/c1-11-9-14(13-3-4-13)10-12(2)16(11)25-22-15-17(23-25)20-19(21-18(15)26)24-5-7-27-8-6-24/h9-10,13H,3-8H2,1-2H3,(H,20,21,23,26). The molecule has 2 aliphatic rings. The van der Waals surface area contributed by atoms with Crippen LogP contribution >= 0.6 is 0 Å². The highest BCUT2D eigenvalue weighted by molar-refractivity contribution is 5.70. The molecule has 0 unspecified atom stereocenters. The molecule has 3 heterocycles. The van der Waals surface area contributed by atoms with E-state index >= 15 is 0 Å². The highest BCUT2D eigenvalue weighted by atomic mass is 16.5. The summed E-state index contributed by atoms with van der Waals surface area (Å²) in [5.41, 5.74) is 4.89. The Morgan fingerprint density at radius 3 is 2.48 bits per heavy atom. The lowest BCUT2D eigenvalue weighted by molar-refractivity contribution is 0.122. The first-order valence-corrected chi connectivity index (χ1v) is 9.42. The van der Waals surface area contributed by atoms with Gasteiger partial charge in [0.1, 0.15) is 0 Å². The normalized spacial score (nSPS) is 17.6. The van der Waals surface area contributed by atoms with Crippen LogP contribution in [-0.2, 0) is 4.74 Å². The van der Waals surface area contributed by atoms with Crippen molar-refractivity contribution in [1.82, 2.24) is 25.0 Å². The van der Waals surface area contributed by atoms with Gasteiger partial charge in [-0.25, -0.2) is 0 Å². The van der Waals surface area contributed by atoms with Gasteiger partial charge in [-0.15, -0.1) is 15.0 Å². The van der Waals surface area contributed by atoms with Crippen LogP contribution in [0.4, 0.5) is 5.95 Å². The van der Waals surface area contributed by atoms with Crippen LogP contribution in [0, 0.1) is 13.8 Å². The minimum Gasteiger partial charge on any atom is -0.378 e. The number of hydrogen-bond acceptors (Lipinski definition) is 6. The molecule has 0 bridgehead atoms. The summed E-state index contributed by atoms with van der Waals surface area (Å²) >= 11 is 0. The van der Waals surface area contributed by atoms with E-state index < -0.39 is 0 Å². The van der Waals surface area contributed by atoms with Crippen LogP contribution in [0.1, 0.15) is 35.4 Å². The number of H-pyrrole nitrogens is 1. The lowest BCUT2D eigenvalue weighted by Gasteiger charge is -2.26. The third-order valence-corrected chi connectivity index (χ3v) is 5.32. The summed E-state index contributed by atoms with van der Waals surface area (Å²) < 4.78 is 5.36. The summed E-state index contributed by atoms with van der Waals surface area (Å²) in [5, 5.41) is 8.96. The van der Waals surface area contributed by atoms with Crippen LogP contribution in [0.25, 0.3) is 16.9 Å². The van der Waals surface area contributed by atoms with E-state index in [2.05, 4.69) is 46.1 Å². The highest BCUT2D eigenvalue weighted by Gasteiger charge is 2.25. The molecule has 1 aromatic carbocycles. The third kappa shape index (κ3) is 2.90. The molecular formula is C19H22N6O2. The maximum absolute atomic E-state index is 12.5. The van der Waals surface area contributed by atoms with E-state index in [1.807, 2.05) is 4.90 Å². The van der Waals surface area contributed by atoms with E-state index in [1.54, 1.807) is 4.80 Å². The monoisotopic (exact) mass is 366 g/mol. The molecule has 27 heavy (non-hydrogen) atoms. The maximum Gasteiger partial charge on any atom is 0.282 e. The van der Waals surface area contributed by atoms with Crippen LogP contribution < -0.4 is 10.5 Å². The van der Waals surface area contributed by atoms with Gasteiger partial charge in [0.05, 0.1) is 18.9 Å². The molecule has 1 aliphatic carbocycles. The molecule has 1 saturated heterocycles. The van der Waals surface area contributed by atoms with Gasteiger partial charge in [0.25, 0.3) is 5.56 Å². The third-order valence-electron chi connectivity index (χ3n) is 5.32. The van der Waals surface area contributed by atoms with Gasteiger partial charge in [-0.3, -0.25) is 9.78 Å². The van der Waals surface area contributed by atoms with E-state index in [-0.39, 0.29) is 11.1 Å². The number of nitrogens with one attached hydrogen (secondary N) is 1. The van der Waals surface area contributed by atoms with Gasteiger partial charge in [-0.05, 0) is 49.3 Å². The number of anilines is 1. The fraction of sp³-hybridized carbons (Fsp3) is 0.474. The van der Waals surface area contributed by atoms with Gasteiger partial charge in [0.2, 0.25) is 11.6 Å². The lowest BCUT2D eigenvalue weighted by atomic mass is 10.0. The summed E-state index contributed by atoms with van der Waals surface area (Å²) in [6.07, 6.45) is 2.54. The molecule has 0 atom stereocenters. The van der Waals surface area contributed by atoms with Crippen LogP contribution in [-0.4, -0.2) is 51.3 Å². The molecule has 1 saturated carbocycles. The summed E-state index contributed by atoms with van der Waals surface area (Å²) in [4.78, 5) is 23.5. The minimum absolute atomic E-state index is 0.261. The SMILES string of the molecule is Cc1cc(C2CC2)cc(C)c1-n1nc2nc(N3CCOCC3)[nH]c(=O)c2n1. The Morgan fingerprint density at radius 1 is 1.11 bits per heavy atom. The number of aryl methyl sites for hydroxylation is 2. The van der Waals surface area contributed by atoms with E-state index in [1.165, 1.54) is 18.4 Å². The molecule has 1 aliphatic heterocycles. The molecule has 2 aromatic heterocycles. The Labute approximate surface area is 156 Å². The Morgan fingerprint density at radius 2 is 1.81 bits per heavy atom. The number of aromatic amines is 1. The zero-order valence-electron chi connectivity index (χ0n) is 15.5. The van der Waals surface area contributed by atoms with Gasteiger partial charge < -0.3 is 9.64 Å². The van der Waals surface area contributed by atoms with Crippen LogP contribution in [0.5, 0.6) is 0 Å². The van der Waals surface area contributed by atoms with Crippen molar-refractivity contribution in [2.75, 3.05) is 31.2 Å². The molecule has 3 aromatic rings. The first-order chi connectivity index (χ1) is 13.1. The Kier molecular flexibility index (Phi) is 3.75. The second-order valence-corrected chi connectivity index (χ2v) is 7.43. The maximum atomic E-state index is 12.5. The Bertz CT molecular complexity index is 1050. The largest absolute Gasteiger partial charge is 0.378 e. The molecule has 8 nitrogen and oxygen atoms in total. The second kappa shape index (κ2) is 6.16. The molecule has 140 valence electrons. The van der Waals surface area contributed by atoms with Crippen LogP contribution in [0.15, 0.2) is 16.9 Å². The van der Waals surface area contributed by atoms with E-state index in [4.69, 9.17) is 4.74 Å². The smallest absolute Gasteiger partial charge is 0.282 e. The predicted molar refractivity (Wildman–Crippen MR) is 102 cm³/mol. The van der Waals surface area contributed by atoms with Crippen molar-refractivity contribution >= 4 is 17.1 Å². The Balaban J connectivity index is 1.58. The molecule has 0 radical (unpaired) electrons. The topological polar surface area (TPSA) is 88.9 Å². The van der Waals surface area contributed by atoms with Gasteiger partial charge in [-0.1, -0.05) is 12.1 Å². The summed E-state index contributed by atoms with van der Waals surface area (Å²) in [6, 6.07) is 4.43. The minimum atomic E-state index is -0.266. The number of morpholine rings is 1. The summed E-state index contributed by atoms with van der Waals surface area (Å²) in [6.45, 7) is 6.78. The molecule has 0 spiro atoms. The quantitative estimate of drug-likeness (QED) is 0.761. The van der Waals surface area contributed by atoms with E-state index in [0.29, 0.717) is 43.8 Å². The molecular weight excluding hydrogens is 344 g/mol. The zero-order valence-corrected chi connectivity index (χ0v) is 15.5. The summed E-state index contributed by atoms with van der Waals surface area (Å²) in [5.74, 6) is 1.22. The number of nitrogens with zero attached hydrogens (tertiary/aromatic N) is 5. The van der Waals surface area contributed by atoms with Crippen LogP contribution in [0.3, 0.4) is 0 Å². The summed E-state index contributed by atoms with van der Waals surface area (Å²) in [7, 11) is 0. The van der Waals surface area contributed by atoms with E-state index in [0.717, 1.165) is 16.8 Å². The van der Waals surface area contributed by atoms with Crippen molar-refractivity contribution in [3.8, 4) is 5.69 Å². The molecule has 8 heteroatoms. The van der Waals surface area contributed by atoms with Crippen molar-refractivity contribution in [1.29, 1.82) is 0 Å². The zero-order chi connectivity index (χ0) is 18.5. The fourth-order valence-corrected chi connectivity index (χ4v) is 3.79. The van der Waals surface area contributed by atoms with Crippen molar-refractivity contribution < 1.29 is 4.74 Å². The van der Waals surface area contributed by atoms with E-state index in [9.17, 15) is 4.79 Å². The highest BCUT2D eigenvalue weighted by Crippen LogP contribution is 2.41. The number of benzene rings is 1. The average molecular weight is 366 g/mol. The molecule has 5 rings (SSSR count). The number of aromatic nitrogens is 5. The lowest BCUT2D eigenvalue weighted by Crippen LogP contribution is -2.38. The van der Waals surface area contributed by atoms with Crippen LogP contribution in [0.2, 0.25) is 0 Å². The van der Waals surface area contributed by atoms with Crippen molar-refractivity contribution in [3.63, 3.8) is 0 Å². The Hall–Kier alpha value is -2.74. The number of ether oxygens (including phenoxy) is 1. The first kappa shape index (κ1) is 16.4. The number of hydrogen-bond donors (Lipinski definition) is 1. The fourth-order valence-electron chi connectivity index (χ4n) is 3.79. The van der Waals surface area contributed by atoms with Crippen molar-refractivity contribution in [2.24, 2.45) is 0 Å². The first-order valence-electron chi connectivity index (χ1n) is 9.42. The number of rotatable bonds is 3. The van der Waals surface area contributed by atoms with Gasteiger partial charge in [0, 0.05) is 13.1 Å². The number of fused-ring (bicyclic) bond motifs is 1. The van der Waals surface area contributed by atoms with Gasteiger partial charge >= 0.3 is 0 Å². The predicted octanol–water partition coefficient (Wildman–Crippen LogP) is 1.83. The molecule has 0 amide bonds.